The van der Waals surface area contributed by atoms with Crippen LogP contribution in [-0.2, 0) is 0 Å². The highest BCUT2D eigenvalue weighted by Gasteiger charge is 2.08. The molecule has 0 fully saturated rings. The molecule has 0 radical (unpaired) electrons. The van der Waals surface area contributed by atoms with Crippen LogP contribution in [0.2, 0.25) is 5.02 Å². The van der Waals surface area contributed by atoms with E-state index in [1.165, 1.54) is 24.3 Å². The minimum atomic E-state index is -0.534. The molecule has 3 nitrogen and oxygen atoms in total. The van der Waals surface area contributed by atoms with Crippen LogP contribution in [0.15, 0.2) is 23.9 Å². The largest absolute Gasteiger partial charge is 0.259 e. The van der Waals surface area contributed by atoms with Crippen molar-refractivity contribution >= 4 is 17.7 Å². The molecule has 0 aliphatic heterocycles. The quantitative estimate of drug-likeness (QED) is 0.588. The summed E-state index contributed by atoms with van der Waals surface area (Å²) in [4.78, 5) is 10.1. The predicted octanol–water partition coefficient (Wildman–Crippen LogP) is 3.51. The van der Waals surface area contributed by atoms with E-state index in [2.05, 4.69) is 0 Å². The summed E-state index contributed by atoms with van der Waals surface area (Å²) in [6.07, 6.45) is 1.69. The summed E-state index contributed by atoms with van der Waals surface area (Å²) in [5, 5.41) is 10.5. The molecule has 0 unspecified atom stereocenters. The fraction of sp³-hybridized carbons (Fsp3) is 0.200. The zero-order chi connectivity index (χ0) is 11.4. The zero-order valence-corrected chi connectivity index (χ0v) is 8.79. The Kier molecular flexibility index (Phi) is 3.80. The first-order valence-electron chi connectivity index (χ1n) is 4.34. The van der Waals surface area contributed by atoms with E-state index in [1.807, 2.05) is 0 Å². The second-order valence-corrected chi connectivity index (χ2v) is 3.33. The zero-order valence-electron chi connectivity index (χ0n) is 8.04. The minimum Gasteiger partial charge on any atom is -0.259 e. The van der Waals surface area contributed by atoms with Crippen molar-refractivity contribution in [3.05, 3.63) is 50.4 Å². The fourth-order valence-electron chi connectivity index (χ4n) is 1.08. The molecule has 0 spiro atoms. The second kappa shape index (κ2) is 4.89. The van der Waals surface area contributed by atoms with Crippen LogP contribution >= 0.6 is 11.6 Å². The van der Waals surface area contributed by atoms with Gasteiger partial charge in [0.05, 0.1) is 9.95 Å². The predicted molar refractivity (Wildman–Crippen MR) is 56.7 cm³/mol. The van der Waals surface area contributed by atoms with Crippen molar-refractivity contribution < 1.29 is 9.31 Å². The van der Waals surface area contributed by atoms with Gasteiger partial charge in [-0.3, -0.25) is 10.1 Å². The lowest BCUT2D eigenvalue weighted by molar-refractivity contribution is -0.425. The SMILES string of the molecule is CC/C(=C/c1ccc(F)c(Cl)c1)[N+](=O)[O-]. The lowest BCUT2D eigenvalue weighted by Gasteiger charge is -1.97. The third-order valence-corrected chi connectivity index (χ3v) is 2.16. The molecule has 0 saturated heterocycles. The van der Waals surface area contributed by atoms with E-state index in [0.717, 1.165) is 0 Å². The lowest BCUT2D eigenvalue weighted by Crippen LogP contribution is -1.96. The third-order valence-electron chi connectivity index (χ3n) is 1.87. The van der Waals surface area contributed by atoms with Gasteiger partial charge in [0, 0.05) is 12.5 Å². The second-order valence-electron chi connectivity index (χ2n) is 2.92. The number of benzene rings is 1. The van der Waals surface area contributed by atoms with Gasteiger partial charge in [0.25, 0.3) is 0 Å². The summed E-state index contributed by atoms with van der Waals surface area (Å²) in [5.41, 5.74) is 0.590. The van der Waals surface area contributed by atoms with Crippen LogP contribution in [0.4, 0.5) is 4.39 Å². The monoisotopic (exact) mass is 229 g/mol. The van der Waals surface area contributed by atoms with E-state index >= 15 is 0 Å². The maximum absolute atomic E-state index is 12.8. The average Bonchev–Trinajstić information content (AvgIpc) is 2.19. The molecular weight excluding hydrogens is 221 g/mol. The van der Waals surface area contributed by atoms with E-state index in [9.17, 15) is 14.5 Å². The van der Waals surface area contributed by atoms with E-state index in [4.69, 9.17) is 11.6 Å². The molecule has 1 aromatic carbocycles. The van der Waals surface area contributed by atoms with Crippen molar-refractivity contribution in [3.8, 4) is 0 Å². The summed E-state index contributed by atoms with van der Waals surface area (Å²) in [6, 6.07) is 3.98. The van der Waals surface area contributed by atoms with E-state index in [-0.39, 0.29) is 10.7 Å². The molecular formula is C10H9ClFNO2. The minimum absolute atomic E-state index is 0.0393. The Morgan fingerprint density at radius 3 is 2.80 bits per heavy atom. The molecule has 15 heavy (non-hydrogen) atoms. The summed E-state index contributed by atoms with van der Waals surface area (Å²) in [6.45, 7) is 1.68. The highest BCUT2D eigenvalue weighted by molar-refractivity contribution is 6.30. The molecule has 0 saturated carbocycles. The molecule has 1 aromatic rings. The third kappa shape index (κ3) is 3.02. The molecule has 80 valence electrons. The maximum atomic E-state index is 12.8. The van der Waals surface area contributed by atoms with Gasteiger partial charge in [-0.1, -0.05) is 24.6 Å². The molecule has 0 aromatic heterocycles. The smallest absolute Gasteiger partial charge is 0.246 e. The Balaban J connectivity index is 3.07. The van der Waals surface area contributed by atoms with Crippen molar-refractivity contribution in [2.24, 2.45) is 0 Å². The molecule has 5 heteroatoms. The van der Waals surface area contributed by atoms with Gasteiger partial charge in [-0.25, -0.2) is 4.39 Å². The molecule has 0 aliphatic carbocycles. The van der Waals surface area contributed by atoms with Crippen LogP contribution in [0.3, 0.4) is 0 Å². The Hall–Kier alpha value is -1.42. The van der Waals surface area contributed by atoms with E-state index < -0.39 is 10.7 Å². The molecule has 1 rings (SSSR count). The Bertz CT molecular complexity index is 418. The van der Waals surface area contributed by atoms with Gasteiger partial charge in [-0.2, -0.15) is 0 Å². The summed E-state index contributed by atoms with van der Waals surface area (Å²) < 4.78 is 12.8. The first-order valence-corrected chi connectivity index (χ1v) is 4.72. The van der Waals surface area contributed by atoms with Gasteiger partial charge in [-0.15, -0.1) is 0 Å². The van der Waals surface area contributed by atoms with Gasteiger partial charge in [0.1, 0.15) is 5.82 Å². The van der Waals surface area contributed by atoms with Gasteiger partial charge in [0.15, 0.2) is 0 Å². The summed E-state index contributed by atoms with van der Waals surface area (Å²) in [5.74, 6) is -0.534. The molecule has 0 bridgehead atoms. The first-order chi connectivity index (χ1) is 7.04. The van der Waals surface area contributed by atoms with Crippen LogP contribution < -0.4 is 0 Å². The standard InChI is InChI=1S/C10H9ClFNO2/c1-2-8(13(14)15)5-7-3-4-10(12)9(11)6-7/h3-6H,2H2,1H3/b8-5-. The summed E-state index contributed by atoms with van der Waals surface area (Å²) >= 11 is 5.55. The van der Waals surface area contributed by atoms with Crippen LogP contribution in [0.5, 0.6) is 0 Å². The number of hydrogen-bond acceptors (Lipinski definition) is 2. The lowest BCUT2D eigenvalue weighted by atomic mass is 10.1. The van der Waals surface area contributed by atoms with Crippen LogP contribution in [0.25, 0.3) is 6.08 Å². The number of nitrogens with zero attached hydrogens (tertiary/aromatic N) is 1. The first kappa shape index (κ1) is 11.7. The van der Waals surface area contributed by atoms with Crippen molar-refractivity contribution in [2.75, 3.05) is 0 Å². The highest BCUT2D eigenvalue weighted by atomic mass is 35.5. The van der Waals surface area contributed by atoms with Gasteiger partial charge < -0.3 is 0 Å². The fourth-order valence-corrected chi connectivity index (χ4v) is 1.27. The van der Waals surface area contributed by atoms with Crippen LogP contribution in [0.1, 0.15) is 18.9 Å². The molecule has 0 amide bonds. The maximum Gasteiger partial charge on any atom is 0.246 e. The summed E-state index contributed by atoms with van der Waals surface area (Å²) in [7, 11) is 0. The number of halogens is 2. The van der Waals surface area contributed by atoms with Crippen LogP contribution in [-0.4, -0.2) is 4.92 Å². The van der Waals surface area contributed by atoms with Crippen molar-refractivity contribution in [3.63, 3.8) is 0 Å². The Morgan fingerprint density at radius 1 is 1.67 bits per heavy atom. The van der Waals surface area contributed by atoms with Gasteiger partial charge >= 0.3 is 0 Å². The van der Waals surface area contributed by atoms with Crippen molar-refractivity contribution in [2.45, 2.75) is 13.3 Å². The normalized spacial score (nSPS) is 11.5. The van der Waals surface area contributed by atoms with Crippen molar-refractivity contribution in [1.29, 1.82) is 0 Å². The number of nitro groups is 1. The average molecular weight is 230 g/mol. The van der Waals surface area contributed by atoms with Gasteiger partial charge in [0.2, 0.25) is 5.70 Å². The number of hydrogen-bond donors (Lipinski definition) is 0. The van der Waals surface area contributed by atoms with E-state index in [1.54, 1.807) is 6.92 Å². The van der Waals surface area contributed by atoms with E-state index in [0.29, 0.717) is 12.0 Å². The molecule has 0 heterocycles. The Labute approximate surface area is 91.3 Å². The molecule has 0 N–H and O–H groups in total. The molecule has 0 aliphatic rings. The van der Waals surface area contributed by atoms with Crippen molar-refractivity contribution in [1.82, 2.24) is 0 Å². The number of allylic oxidation sites excluding steroid dienone is 1. The Morgan fingerprint density at radius 2 is 2.33 bits per heavy atom. The molecule has 0 atom stereocenters. The van der Waals surface area contributed by atoms with Gasteiger partial charge in [-0.05, 0) is 17.7 Å². The van der Waals surface area contributed by atoms with Crippen LogP contribution in [0, 0.1) is 15.9 Å². The number of rotatable bonds is 3. The topological polar surface area (TPSA) is 43.1 Å². The highest BCUT2D eigenvalue weighted by Crippen LogP contribution is 2.18.